The fourth-order valence-corrected chi connectivity index (χ4v) is 2.22. The molecule has 0 unspecified atom stereocenters. The second-order valence-corrected chi connectivity index (χ2v) is 4.93. The van der Waals surface area contributed by atoms with Crippen molar-refractivity contribution in [3.63, 3.8) is 0 Å². The summed E-state index contributed by atoms with van der Waals surface area (Å²) in [5, 5.41) is 7.03. The van der Waals surface area contributed by atoms with E-state index in [2.05, 4.69) is 35.8 Å². The second kappa shape index (κ2) is 6.52. The molecule has 0 saturated carbocycles. The molecular weight excluding hydrogens is 270 g/mol. The zero-order chi connectivity index (χ0) is 14.5. The number of aromatic nitrogens is 3. The topological polar surface area (TPSA) is 42.8 Å². The van der Waals surface area contributed by atoms with E-state index in [1.165, 1.54) is 5.56 Å². The Morgan fingerprint density at radius 1 is 1.45 bits per heavy atom. The van der Waals surface area contributed by atoms with Gasteiger partial charge in [-0.05, 0) is 43.3 Å². The zero-order valence-corrected chi connectivity index (χ0v) is 12.6. The lowest BCUT2D eigenvalue weighted by atomic mass is 10.2. The molecule has 2 rings (SSSR count). The van der Waals surface area contributed by atoms with Crippen molar-refractivity contribution >= 4 is 12.2 Å². The molecule has 1 N–H and O–H groups in total. The van der Waals surface area contributed by atoms with Crippen LogP contribution in [0.3, 0.4) is 0 Å². The van der Waals surface area contributed by atoms with Crippen LogP contribution in [0.1, 0.15) is 31.3 Å². The summed E-state index contributed by atoms with van der Waals surface area (Å²) in [5.41, 5.74) is 1.29. The Labute approximate surface area is 124 Å². The highest BCUT2D eigenvalue weighted by Gasteiger charge is 2.15. The van der Waals surface area contributed by atoms with Gasteiger partial charge >= 0.3 is 0 Å². The van der Waals surface area contributed by atoms with Gasteiger partial charge in [0.2, 0.25) is 0 Å². The highest BCUT2D eigenvalue weighted by molar-refractivity contribution is 7.71. The molecule has 0 bridgehead atoms. The van der Waals surface area contributed by atoms with Gasteiger partial charge in [0.1, 0.15) is 5.75 Å². The van der Waals surface area contributed by atoms with Crippen LogP contribution in [-0.2, 0) is 13.0 Å². The zero-order valence-electron chi connectivity index (χ0n) is 11.8. The Morgan fingerprint density at radius 3 is 2.75 bits per heavy atom. The molecule has 0 fully saturated rings. The summed E-state index contributed by atoms with van der Waals surface area (Å²) in [7, 11) is 0. The number of aromatic amines is 1. The molecule has 1 atom stereocenters. The van der Waals surface area contributed by atoms with E-state index < -0.39 is 0 Å². The minimum absolute atomic E-state index is 0.185. The number of hydrogen-bond donors (Lipinski definition) is 1. The van der Waals surface area contributed by atoms with Gasteiger partial charge in [0.05, 0.1) is 0 Å². The van der Waals surface area contributed by atoms with Crippen molar-refractivity contribution < 1.29 is 4.74 Å². The lowest BCUT2D eigenvalue weighted by Gasteiger charge is -2.15. The first kappa shape index (κ1) is 14.5. The van der Waals surface area contributed by atoms with Crippen LogP contribution < -0.4 is 4.74 Å². The molecule has 0 aliphatic rings. The fourth-order valence-electron chi connectivity index (χ4n) is 2.01. The molecule has 1 aromatic carbocycles. The third-order valence-electron chi connectivity index (χ3n) is 3.11. The van der Waals surface area contributed by atoms with Crippen molar-refractivity contribution in [1.82, 2.24) is 14.8 Å². The van der Waals surface area contributed by atoms with Gasteiger partial charge in [0, 0.05) is 6.54 Å². The van der Waals surface area contributed by atoms with Crippen LogP contribution in [0.5, 0.6) is 5.75 Å². The molecule has 0 aliphatic heterocycles. The Bertz CT molecular complexity index is 627. The number of aryl methyl sites for hydroxylation is 1. The number of hydrogen-bond acceptors (Lipinski definition) is 3. The summed E-state index contributed by atoms with van der Waals surface area (Å²) >= 11 is 5.20. The highest BCUT2D eigenvalue weighted by atomic mass is 32.1. The average molecular weight is 289 g/mol. The van der Waals surface area contributed by atoms with Crippen LogP contribution in [0.25, 0.3) is 0 Å². The van der Waals surface area contributed by atoms with Crippen LogP contribution >= 0.6 is 12.2 Å². The summed E-state index contributed by atoms with van der Waals surface area (Å²) in [4.78, 5) is 0. The SMILES string of the molecule is C=CCn1c([C@@H](C)Oc2ccc(CC)cc2)n[nH]c1=S. The van der Waals surface area contributed by atoms with Gasteiger partial charge in [-0.2, -0.15) is 5.10 Å². The van der Waals surface area contributed by atoms with E-state index in [1.54, 1.807) is 6.08 Å². The maximum Gasteiger partial charge on any atom is 0.195 e. The number of nitrogens with zero attached hydrogens (tertiary/aromatic N) is 2. The number of ether oxygens (including phenoxy) is 1. The van der Waals surface area contributed by atoms with Crippen molar-refractivity contribution in [2.75, 3.05) is 0 Å². The van der Waals surface area contributed by atoms with E-state index in [4.69, 9.17) is 17.0 Å². The second-order valence-electron chi connectivity index (χ2n) is 4.54. The van der Waals surface area contributed by atoms with E-state index in [0.29, 0.717) is 11.3 Å². The summed E-state index contributed by atoms with van der Waals surface area (Å²) in [6.45, 7) is 8.44. The standard InChI is InChI=1S/C15H19N3OS/c1-4-10-18-14(16-17-15(18)20)11(3)19-13-8-6-12(5-2)7-9-13/h4,6-9,11H,1,5,10H2,2-3H3,(H,17,20)/t11-/m1/s1. The summed E-state index contributed by atoms with van der Waals surface area (Å²) in [6, 6.07) is 8.11. The molecule has 1 heterocycles. The van der Waals surface area contributed by atoms with Gasteiger partial charge < -0.3 is 4.74 Å². The maximum atomic E-state index is 5.92. The van der Waals surface area contributed by atoms with Crippen LogP contribution in [0.15, 0.2) is 36.9 Å². The molecule has 0 saturated heterocycles. The molecule has 20 heavy (non-hydrogen) atoms. The quantitative estimate of drug-likeness (QED) is 0.649. The maximum absolute atomic E-state index is 5.92. The third-order valence-corrected chi connectivity index (χ3v) is 3.42. The predicted octanol–water partition coefficient (Wildman–Crippen LogP) is 3.83. The van der Waals surface area contributed by atoms with E-state index >= 15 is 0 Å². The Hall–Kier alpha value is -1.88. The molecular formula is C15H19N3OS. The lowest BCUT2D eigenvalue weighted by Crippen LogP contribution is -2.11. The summed E-state index contributed by atoms with van der Waals surface area (Å²) in [5.74, 6) is 1.60. The minimum Gasteiger partial charge on any atom is -0.483 e. The predicted molar refractivity (Wildman–Crippen MR) is 82.5 cm³/mol. The van der Waals surface area contributed by atoms with Crippen LogP contribution in [-0.4, -0.2) is 14.8 Å². The molecule has 1 aromatic heterocycles. The Kier molecular flexibility index (Phi) is 4.74. The van der Waals surface area contributed by atoms with Crippen molar-refractivity contribution in [3.8, 4) is 5.75 Å². The summed E-state index contributed by atoms with van der Waals surface area (Å²) < 4.78 is 8.38. The van der Waals surface area contributed by atoms with E-state index in [9.17, 15) is 0 Å². The van der Waals surface area contributed by atoms with Crippen molar-refractivity contribution in [3.05, 3.63) is 53.1 Å². The molecule has 0 radical (unpaired) electrons. The molecule has 4 nitrogen and oxygen atoms in total. The molecule has 0 aliphatic carbocycles. The molecule has 106 valence electrons. The largest absolute Gasteiger partial charge is 0.483 e. The van der Waals surface area contributed by atoms with Crippen molar-refractivity contribution in [1.29, 1.82) is 0 Å². The molecule has 0 amide bonds. The van der Waals surface area contributed by atoms with Crippen molar-refractivity contribution in [2.24, 2.45) is 0 Å². The van der Waals surface area contributed by atoms with Crippen molar-refractivity contribution in [2.45, 2.75) is 32.9 Å². The Morgan fingerprint density at radius 2 is 2.15 bits per heavy atom. The number of nitrogens with one attached hydrogen (secondary N) is 1. The van der Waals surface area contributed by atoms with Gasteiger partial charge in [0.25, 0.3) is 0 Å². The van der Waals surface area contributed by atoms with Gasteiger partial charge in [-0.15, -0.1) is 6.58 Å². The van der Waals surface area contributed by atoms with Gasteiger partial charge in [0.15, 0.2) is 16.7 Å². The average Bonchev–Trinajstić information content (AvgIpc) is 2.82. The first-order chi connectivity index (χ1) is 9.65. The lowest BCUT2D eigenvalue weighted by molar-refractivity contribution is 0.211. The molecule has 0 spiro atoms. The number of rotatable bonds is 6. The van der Waals surface area contributed by atoms with Crippen LogP contribution in [0.4, 0.5) is 0 Å². The van der Waals surface area contributed by atoms with E-state index in [1.807, 2.05) is 23.6 Å². The van der Waals surface area contributed by atoms with Crippen LogP contribution in [0.2, 0.25) is 0 Å². The highest BCUT2D eigenvalue weighted by Crippen LogP contribution is 2.21. The monoisotopic (exact) mass is 289 g/mol. The molecule has 2 aromatic rings. The number of H-pyrrole nitrogens is 1. The van der Waals surface area contributed by atoms with E-state index in [0.717, 1.165) is 18.0 Å². The van der Waals surface area contributed by atoms with Gasteiger partial charge in [-0.1, -0.05) is 25.1 Å². The Balaban J connectivity index is 2.16. The third kappa shape index (κ3) is 3.17. The minimum atomic E-state index is -0.185. The van der Waals surface area contributed by atoms with Gasteiger partial charge in [-0.25, -0.2) is 0 Å². The summed E-state index contributed by atoms with van der Waals surface area (Å²) in [6.07, 6.45) is 2.63. The number of benzene rings is 1. The van der Waals surface area contributed by atoms with E-state index in [-0.39, 0.29) is 6.10 Å². The smallest absolute Gasteiger partial charge is 0.195 e. The normalized spacial score (nSPS) is 12.1. The first-order valence-corrected chi connectivity index (χ1v) is 7.08. The van der Waals surface area contributed by atoms with Gasteiger partial charge in [-0.3, -0.25) is 9.67 Å². The molecule has 5 heteroatoms. The fraction of sp³-hybridized carbons (Fsp3) is 0.333. The van der Waals surface area contributed by atoms with Crippen LogP contribution in [0, 0.1) is 4.77 Å². The number of allylic oxidation sites excluding steroid dienone is 1. The first-order valence-electron chi connectivity index (χ1n) is 6.67.